The van der Waals surface area contributed by atoms with Gasteiger partial charge in [-0.25, -0.2) is 0 Å². The number of nitrogens with zero attached hydrogens (tertiary/aromatic N) is 1. The van der Waals surface area contributed by atoms with E-state index in [9.17, 15) is 4.79 Å². The van der Waals surface area contributed by atoms with E-state index in [2.05, 4.69) is 15.6 Å². The maximum Gasteiger partial charge on any atom is 0.241 e. The summed E-state index contributed by atoms with van der Waals surface area (Å²) in [5.74, 6) is 0.0375. The molecule has 1 aliphatic heterocycles. The van der Waals surface area contributed by atoms with Crippen molar-refractivity contribution in [2.75, 3.05) is 11.9 Å². The number of aromatic nitrogens is 1. The van der Waals surface area contributed by atoms with Crippen LogP contribution in [0.3, 0.4) is 0 Å². The topological polar surface area (TPSA) is 54.0 Å². The monoisotopic (exact) mass is 191 g/mol. The molecule has 1 saturated heterocycles. The van der Waals surface area contributed by atoms with Crippen LogP contribution < -0.4 is 10.6 Å². The predicted molar refractivity (Wildman–Crippen MR) is 53.9 cm³/mol. The van der Waals surface area contributed by atoms with Crippen LogP contribution >= 0.6 is 0 Å². The smallest absolute Gasteiger partial charge is 0.241 e. The van der Waals surface area contributed by atoms with E-state index in [1.807, 2.05) is 6.07 Å². The van der Waals surface area contributed by atoms with Gasteiger partial charge in [-0.3, -0.25) is 9.78 Å². The number of carbonyl (C=O) groups excluding carboxylic acids is 1. The van der Waals surface area contributed by atoms with Crippen molar-refractivity contribution < 1.29 is 4.79 Å². The van der Waals surface area contributed by atoms with E-state index in [-0.39, 0.29) is 11.9 Å². The summed E-state index contributed by atoms with van der Waals surface area (Å²) in [6.07, 6.45) is 5.33. The molecule has 14 heavy (non-hydrogen) atoms. The van der Waals surface area contributed by atoms with Gasteiger partial charge in [-0.1, -0.05) is 0 Å². The number of rotatable bonds is 2. The summed E-state index contributed by atoms with van der Waals surface area (Å²) in [5, 5.41) is 5.96. The quantitative estimate of drug-likeness (QED) is 0.726. The minimum atomic E-state index is -0.0322. The maximum atomic E-state index is 11.6. The van der Waals surface area contributed by atoms with Gasteiger partial charge in [-0.2, -0.15) is 0 Å². The van der Waals surface area contributed by atoms with Crippen LogP contribution in [0.15, 0.2) is 24.5 Å². The Morgan fingerprint density at radius 2 is 2.57 bits per heavy atom. The molecule has 1 aliphatic rings. The molecule has 74 valence electrons. The van der Waals surface area contributed by atoms with Crippen molar-refractivity contribution in [2.24, 2.45) is 0 Å². The maximum absolute atomic E-state index is 11.6. The van der Waals surface area contributed by atoms with Crippen LogP contribution in [-0.2, 0) is 4.79 Å². The highest BCUT2D eigenvalue weighted by Gasteiger charge is 2.21. The highest BCUT2D eigenvalue weighted by molar-refractivity contribution is 5.94. The zero-order valence-electron chi connectivity index (χ0n) is 7.86. The summed E-state index contributed by atoms with van der Waals surface area (Å²) in [5.41, 5.74) is 0.756. The van der Waals surface area contributed by atoms with Crippen molar-refractivity contribution in [1.82, 2.24) is 10.3 Å². The number of anilines is 1. The highest BCUT2D eigenvalue weighted by Crippen LogP contribution is 2.09. The normalized spacial score (nSPS) is 20.7. The Morgan fingerprint density at radius 3 is 3.21 bits per heavy atom. The first-order chi connectivity index (χ1) is 6.86. The van der Waals surface area contributed by atoms with Gasteiger partial charge in [0.15, 0.2) is 0 Å². The van der Waals surface area contributed by atoms with Gasteiger partial charge in [-0.15, -0.1) is 0 Å². The zero-order valence-corrected chi connectivity index (χ0v) is 7.86. The zero-order chi connectivity index (χ0) is 9.80. The molecule has 4 nitrogen and oxygen atoms in total. The second kappa shape index (κ2) is 4.19. The standard InChI is InChI=1S/C10H13N3O/c14-10(9-4-2-6-12-9)13-8-3-1-5-11-7-8/h1,3,5,7,9,12H,2,4,6H2,(H,13,14). The molecule has 0 radical (unpaired) electrons. The third-order valence-electron chi connectivity index (χ3n) is 2.31. The van der Waals surface area contributed by atoms with Gasteiger partial charge >= 0.3 is 0 Å². The van der Waals surface area contributed by atoms with Gasteiger partial charge in [-0.05, 0) is 31.5 Å². The van der Waals surface area contributed by atoms with Gasteiger partial charge in [0.1, 0.15) is 0 Å². The van der Waals surface area contributed by atoms with Crippen molar-refractivity contribution >= 4 is 11.6 Å². The van der Waals surface area contributed by atoms with Crippen LogP contribution in [0.1, 0.15) is 12.8 Å². The molecule has 1 aromatic rings. The molecule has 1 fully saturated rings. The number of nitrogens with one attached hydrogen (secondary N) is 2. The Morgan fingerprint density at radius 1 is 1.64 bits per heavy atom. The van der Waals surface area contributed by atoms with E-state index in [0.29, 0.717) is 0 Å². The van der Waals surface area contributed by atoms with Gasteiger partial charge in [0.2, 0.25) is 5.91 Å². The van der Waals surface area contributed by atoms with Gasteiger partial charge in [0, 0.05) is 6.20 Å². The van der Waals surface area contributed by atoms with Crippen molar-refractivity contribution in [1.29, 1.82) is 0 Å². The average Bonchev–Trinajstić information content (AvgIpc) is 2.72. The molecule has 1 atom stereocenters. The van der Waals surface area contributed by atoms with E-state index in [1.54, 1.807) is 18.5 Å². The molecule has 1 unspecified atom stereocenters. The minimum absolute atomic E-state index is 0.0322. The molecule has 0 bridgehead atoms. The fourth-order valence-electron chi connectivity index (χ4n) is 1.57. The lowest BCUT2D eigenvalue weighted by atomic mass is 10.2. The summed E-state index contributed by atoms with van der Waals surface area (Å²) >= 11 is 0. The molecular weight excluding hydrogens is 178 g/mol. The largest absolute Gasteiger partial charge is 0.323 e. The van der Waals surface area contributed by atoms with E-state index < -0.39 is 0 Å². The molecule has 1 aromatic heterocycles. The predicted octanol–water partition coefficient (Wildman–Crippen LogP) is 0.772. The van der Waals surface area contributed by atoms with Crippen LogP contribution in [0.5, 0.6) is 0 Å². The Hall–Kier alpha value is -1.42. The number of carbonyl (C=O) groups is 1. The summed E-state index contributed by atoms with van der Waals surface area (Å²) in [7, 11) is 0. The number of hydrogen-bond acceptors (Lipinski definition) is 3. The third-order valence-corrected chi connectivity index (χ3v) is 2.31. The lowest BCUT2D eigenvalue weighted by Gasteiger charge is -2.10. The molecule has 0 saturated carbocycles. The van der Waals surface area contributed by atoms with Gasteiger partial charge in [0.05, 0.1) is 17.9 Å². The molecule has 2 heterocycles. The van der Waals surface area contributed by atoms with Crippen LogP contribution in [0.25, 0.3) is 0 Å². The van der Waals surface area contributed by atoms with Crippen LogP contribution in [0, 0.1) is 0 Å². The van der Waals surface area contributed by atoms with Crippen LogP contribution in [-0.4, -0.2) is 23.5 Å². The van der Waals surface area contributed by atoms with E-state index in [0.717, 1.165) is 25.1 Å². The van der Waals surface area contributed by atoms with Crippen molar-refractivity contribution in [3.63, 3.8) is 0 Å². The van der Waals surface area contributed by atoms with Gasteiger partial charge in [0.25, 0.3) is 0 Å². The van der Waals surface area contributed by atoms with Crippen LogP contribution in [0.4, 0.5) is 5.69 Å². The van der Waals surface area contributed by atoms with E-state index in [1.165, 1.54) is 0 Å². The van der Waals surface area contributed by atoms with Crippen molar-refractivity contribution in [3.8, 4) is 0 Å². The van der Waals surface area contributed by atoms with E-state index >= 15 is 0 Å². The Kier molecular flexibility index (Phi) is 2.74. The second-order valence-electron chi connectivity index (χ2n) is 3.38. The third kappa shape index (κ3) is 2.09. The second-order valence-corrected chi connectivity index (χ2v) is 3.38. The molecule has 1 amide bonds. The molecule has 0 spiro atoms. The Labute approximate surface area is 82.7 Å². The molecule has 0 aromatic carbocycles. The summed E-state index contributed by atoms with van der Waals surface area (Å²) in [6.45, 7) is 0.936. The van der Waals surface area contributed by atoms with E-state index in [4.69, 9.17) is 0 Å². The first kappa shape index (κ1) is 9.15. The molecule has 4 heteroatoms. The van der Waals surface area contributed by atoms with Crippen molar-refractivity contribution in [2.45, 2.75) is 18.9 Å². The first-order valence-corrected chi connectivity index (χ1v) is 4.80. The molecular formula is C10H13N3O. The first-order valence-electron chi connectivity index (χ1n) is 4.80. The van der Waals surface area contributed by atoms with Gasteiger partial charge < -0.3 is 10.6 Å². The summed E-state index contributed by atoms with van der Waals surface area (Å²) in [4.78, 5) is 15.5. The Balaban J connectivity index is 1.94. The fourth-order valence-corrected chi connectivity index (χ4v) is 1.57. The Bertz CT molecular complexity index is 306. The fraction of sp³-hybridized carbons (Fsp3) is 0.400. The lowest BCUT2D eigenvalue weighted by molar-refractivity contribution is -0.117. The molecule has 2 rings (SSSR count). The molecule has 0 aliphatic carbocycles. The highest BCUT2D eigenvalue weighted by atomic mass is 16.2. The summed E-state index contributed by atoms with van der Waals surface area (Å²) in [6, 6.07) is 3.60. The SMILES string of the molecule is O=C(Nc1cccnc1)C1CCCN1. The summed E-state index contributed by atoms with van der Waals surface area (Å²) < 4.78 is 0. The van der Waals surface area contributed by atoms with Crippen molar-refractivity contribution in [3.05, 3.63) is 24.5 Å². The number of pyridine rings is 1. The molecule has 2 N–H and O–H groups in total. The minimum Gasteiger partial charge on any atom is -0.323 e. The average molecular weight is 191 g/mol. The number of amides is 1. The lowest BCUT2D eigenvalue weighted by Crippen LogP contribution is -2.35. The number of hydrogen-bond donors (Lipinski definition) is 2. The van der Waals surface area contributed by atoms with Crippen LogP contribution in [0.2, 0.25) is 0 Å².